The highest BCUT2D eigenvalue weighted by molar-refractivity contribution is 7.89. The van der Waals surface area contributed by atoms with Crippen LogP contribution in [0.3, 0.4) is 0 Å². The molecular weight excluding hydrogens is 338 g/mol. The first kappa shape index (κ1) is 19.9. The van der Waals surface area contributed by atoms with Crippen molar-refractivity contribution in [3.63, 3.8) is 0 Å². The van der Waals surface area contributed by atoms with Crippen molar-refractivity contribution < 1.29 is 13.2 Å². The van der Waals surface area contributed by atoms with Crippen LogP contribution >= 0.6 is 0 Å². The predicted molar refractivity (Wildman–Crippen MR) is 98.9 cm³/mol. The first-order chi connectivity index (χ1) is 11.9. The number of nitrogens with zero attached hydrogens (tertiary/aromatic N) is 2. The van der Waals surface area contributed by atoms with Gasteiger partial charge in [0.1, 0.15) is 0 Å². The molecule has 0 atom stereocenters. The molecule has 1 aromatic carbocycles. The Morgan fingerprint density at radius 2 is 1.80 bits per heavy atom. The lowest BCUT2D eigenvalue weighted by Gasteiger charge is -2.25. The number of sulfonamides is 1. The van der Waals surface area contributed by atoms with E-state index in [1.54, 1.807) is 28.4 Å². The number of amides is 1. The molecule has 0 spiro atoms. The van der Waals surface area contributed by atoms with E-state index < -0.39 is 10.0 Å². The highest BCUT2D eigenvalue weighted by atomic mass is 32.2. The summed E-state index contributed by atoms with van der Waals surface area (Å²) in [7, 11) is 0.276. The third kappa shape index (κ3) is 5.52. The molecule has 1 N–H and O–H groups in total. The Morgan fingerprint density at radius 3 is 2.40 bits per heavy atom. The summed E-state index contributed by atoms with van der Waals surface area (Å²) in [6, 6.07) is 6.96. The first-order valence-corrected chi connectivity index (χ1v) is 10.4. The lowest BCUT2D eigenvalue weighted by Crippen LogP contribution is -2.35. The zero-order valence-electron chi connectivity index (χ0n) is 15.2. The SMILES string of the molecule is CNCCN(C)C(=O)CCc1ccc(S(=O)(=O)N2CCCCC2)cc1. The van der Waals surface area contributed by atoms with Gasteiger partial charge in [0.15, 0.2) is 0 Å². The van der Waals surface area contributed by atoms with Crippen LogP contribution in [0.5, 0.6) is 0 Å². The highest BCUT2D eigenvalue weighted by Crippen LogP contribution is 2.21. The fourth-order valence-corrected chi connectivity index (χ4v) is 4.45. The monoisotopic (exact) mass is 367 g/mol. The maximum Gasteiger partial charge on any atom is 0.243 e. The molecule has 7 heteroatoms. The fourth-order valence-electron chi connectivity index (χ4n) is 2.93. The Kier molecular flexibility index (Phi) is 7.40. The number of hydrogen-bond donors (Lipinski definition) is 1. The fraction of sp³-hybridized carbons (Fsp3) is 0.611. The van der Waals surface area contributed by atoms with Crippen LogP contribution < -0.4 is 5.32 Å². The largest absolute Gasteiger partial charge is 0.344 e. The van der Waals surface area contributed by atoms with Crippen LogP contribution in [0.1, 0.15) is 31.2 Å². The highest BCUT2D eigenvalue weighted by Gasteiger charge is 2.25. The number of nitrogens with one attached hydrogen (secondary N) is 1. The van der Waals surface area contributed by atoms with Gasteiger partial charge in [-0.05, 0) is 44.0 Å². The van der Waals surface area contributed by atoms with Crippen molar-refractivity contribution in [1.82, 2.24) is 14.5 Å². The zero-order valence-corrected chi connectivity index (χ0v) is 16.0. The summed E-state index contributed by atoms with van der Waals surface area (Å²) >= 11 is 0. The number of aryl methyl sites for hydroxylation is 1. The molecular formula is C18H29N3O3S. The minimum Gasteiger partial charge on any atom is -0.344 e. The van der Waals surface area contributed by atoms with Gasteiger partial charge in [0, 0.05) is 39.6 Å². The van der Waals surface area contributed by atoms with E-state index in [9.17, 15) is 13.2 Å². The minimum absolute atomic E-state index is 0.0975. The third-order valence-corrected chi connectivity index (χ3v) is 6.54. The Labute approximate surface area is 151 Å². The van der Waals surface area contributed by atoms with Crippen molar-refractivity contribution in [3.8, 4) is 0 Å². The quantitative estimate of drug-likeness (QED) is 0.755. The second-order valence-electron chi connectivity index (χ2n) is 6.53. The topological polar surface area (TPSA) is 69.7 Å². The van der Waals surface area contributed by atoms with Gasteiger partial charge in [-0.15, -0.1) is 0 Å². The molecule has 6 nitrogen and oxygen atoms in total. The van der Waals surface area contributed by atoms with E-state index in [1.165, 1.54) is 0 Å². The number of rotatable bonds is 8. The van der Waals surface area contributed by atoms with Gasteiger partial charge in [0.25, 0.3) is 0 Å². The van der Waals surface area contributed by atoms with Crippen molar-refractivity contribution in [1.29, 1.82) is 0 Å². The van der Waals surface area contributed by atoms with Crippen molar-refractivity contribution in [2.45, 2.75) is 37.0 Å². The Balaban J connectivity index is 1.92. The Bertz CT molecular complexity index is 653. The number of carbonyl (C=O) groups excluding carboxylic acids is 1. The third-order valence-electron chi connectivity index (χ3n) is 4.63. The van der Waals surface area contributed by atoms with Crippen molar-refractivity contribution in [3.05, 3.63) is 29.8 Å². The number of hydrogen-bond acceptors (Lipinski definition) is 4. The summed E-state index contributed by atoms with van der Waals surface area (Å²) in [5, 5.41) is 3.02. The van der Waals surface area contributed by atoms with E-state index in [0.717, 1.165) is 31.4 Å². The molecule has 0 aromatic heterocycles. The van der Waals surface area contributed by atoms with Gasteiger partial charge < -0.3 is 10.2 Å². The lowest BCUT2D eigenvalue weighted by molar-refractivity contribution is -0.129. The number of benzene rings is 1. The molecule has 140 valence electrons. The van der Waals surface area contributed by atoms with Crippen LogP contribution in [-0.4, -0.2) is 63.8 Å². The average molecular weight is 368 g/mol. The van der Waals surface area contributed by atoms with Gasteiger partial charge in [0.2, 0.25) is 15.9 Å². The van der Waals surface area contributed by atoms with E-state index in [-0.39, 0.29) is 5.91 Å². The van der Waals surface area contributed by atoms with Gasteiger partial charge in [-0.3, -0.25) is 4.79 Å². The summed E-state index contributed by atoms with van der Waals surface area (Å²) < 4.78 is 26.8. The second kappa shape index (κ2) is 9.31. The molecule has 1 aliphatic rings. The van der Waals surface area contributed by atoms with E-state index in [0.29, 0.717) is 37.4 Å². The molecule has 0 saturated carbocycles. The minimum atomic E-state index is -3.38. The molecule has 0 unspecified atom stereocenters. The van der Waals surface area contributed by atoms with Crippen molar-refractivity contribution in [2.24, 2.45) is 0 Å². The average Bonchev–Trinajstić information content (AvgIpc) is 2.65. The summed E-state index contributed by atoms with van der Waals surface area (Å²) in [6.07, 6.45) is 4.01. The molecule has 1 fully saturated rings. The molecule has 1 amide bonds. The van der Waals surface area contributed by atoms with Gasteiger partial charge in [0.05, 0.1) is 4.90 Å². The van der Waals surface area contributed by atoms with Crippen LogP contribution in [0.4, 0.5) is 0 Å². The molecule has 1 aromatic rings. The van der Waals surface area contributed by atoms with Gasteiger partial charge >= 0.3 is 0 Å². The summed E-state index contributed by atoms with van der Waals surface area (Å²) in [6.45, 7) is 2.67. The number of piperidine rings is 1. The summed E-state index contributed by atoms with van der Waals surface area (Å²) in [5.74, 6) is 0.0975. The number of likely N-dealkylation sites (N-methyl/N-ethyl adjacent to an activating group) is 2. The molecule has 0 bridgehead atoms. The zero-order chi connectivity index (χ0) is 18.3. The maximum atomic E-state index is 12.6. The lowest BCUT2D eigenvalue weighted by atomic mass is 10.1. The smallest absolute Gasteiger partial charge is 0.243 e. The Hall–Kier alpha value is -1.44. The normalized spacial score (nSPS) is 15.9. The van der Waals surface area contributed by atoms with Crippen LogP contribution in [0.25, 0.3) is 0 Å². The maximum absolute atomic E-state index is 12.6. The first-order valence-electron chi connectivity index (χ1n) is 8.93. The van der Waals surface area contributed by atoms with Gasteiger partial charge in [-0.2, -0.15) is 4.31 Å². The Morgan fingerprint density at radius 1 is 1.16 bits per heavy atom. The van der Waals surface area contributed by atoms with Gasteiger partial charge in [-0.1, -0.05) is 18.6 Å². The molecule has 0 radical (unpaired) electrons. The van der Waals surface area contributed by atoms with E-state index in [2.05, 4.69) is 5.32 Å². The predicted octanol–water partition coefficient (Wildman–Crippen LogP) is 1.47. The van der Waals surface area contributed by atoms with E-state index in [4.69, 9.17) is 0 Å². The van der Waals surface area contributed by atoms with Crippen LogP contribution in [0.15, 0.2) is 29.2 Å². The molecule has 1 aliphatic heterocycles. The van der Waals surface area contributed by atoms with Crippen molar-refractivity contribution >= 4 is 15.9 Å². The van der Waals surface area contributed by atoms with Crippen LogP contribution in [-0.2, 0) is 21.2 Å². The second-order valence-corrected chi connectivity index (χ2v) is 8.47. The molecule has 1 heterocycles. The molecule has 1 saturated heterocycles. The van der Waals surface area contributed by atoms with Gasteiger partial charge in [-0.25, -0.2) is 8.42 Å². The summed E-state index contributed by atoms with van der Waals surface area (Å²) in [5.41, 5.74) is 0.980. The van der Waals surface area contributed by atoms with E-state index in [1.807, 2.05) is 19.2 Å². The summed E-state index contributed by atoms with van der Waals surface area (Å²) in [4.78, 5) is 14.1. The van der Waals surface area contributed by atoms with Crippen LogP contribution in [0, 0.1) is 0 Å². The van der Waals surface area contributed by atoms with E-state index >= 15 is 0 Å². The standard InChI is InChI=1S/C18H29N3O3S/c1-19-12-15-20(2)18(22)11-8-16-6-9-17(10-7-16)25(23,24)21-13-4-3-5-14-21/h6-7,9-10,19H,3-5,8,11-15H2,1-2H3. The molecule has 0 aliphatic carbocycles. The van der Waals surface area contributed by atoms with Crippen molar-refractivity contribution in [2.75, 3.05) is 40.3 Å². The molecule has 25 heavy (non-hydrogen) atoms. The molecule has 2 rings (SSSR count). The number of carbonyl (C=O) groups is 1. The van der Waals surface area contributed by atoms with Crippen LogP contribution in [0.2, 0.25) is 0 Å².